The molecule has 0 unspecified atom stereocenters. The molecule has 3 aromatic rings. The number of nitrogens with one attached hydrogen (secondary N) is 1. The summed E-state index contributed by atoms with van der Waals surface area (Å²) in [6.45, 7) is 6.68. The number of nitrogens with zero attached hydrogens (tertiary/aromatic N) is 5. The first kappa shape index (κ1) is 20.0. The summed E-state index contributed by atoms with van der Waals surface area (Å²) in [6, 6.07) is 8.69. The third-order valence-corrected chi connectivity index (χ3v) is 4.07. The SMILES string of the molecule is C=NCCn1cc(-n2ccc(=O)c(Cc3cccc(NC(=O)OCC)c3)n2)cn1. The smallest absolute Gasteiger partial charge is 0.411 e. The second kappa shape index (κ2) is 9.45. The van der Waals surface area contributed by atoms with E-state index in [1.165, 1.54) is 6.07 Å². The summed E-state index contributed by atoms with van der Waals surface area (Å²) in [7, 11) is 0. The van der Waals surface area contributed by atoms with Gasteiger partial charge in [-0.1, -0.05) is 12.1 Å². The molecule has 0 aliphatic carbocycles. The number of aliphatic imine (C=N–C) groups is 1. The van der Waals surface area contributed by atoms with E-state index in [0.717, 1.165) is 11.3 Å². The van der Waals surface area contributed by atoms with Crippen molar-refractivity contribution in [3.8, 4) is 5.69 Å². The zero-order valence-electron chi connectivity index (χ0n) is 16.1. The number of aromatic nitrogens is 4. The minimum absolute atomic E-state index is 0.159. The predicted molar refractivity (Wildman–Crippen MR) is 110 cm³/mol. The van der Waals surface area contributed by atoms with Crippen molar-refractivity contribution in [2.75, 3.05) is 18.5 Å². The van der Waals surface area contributed by atoms with Crippen molar-refractivity contribution in [3.05, 3.63) is 70.4 Å². The molecular weight excluding hydrogens is 372 g/mol. The fourth-order valence-electron chi connectivity index (χ4n) is 2.72. The summed E-state index contributed by atoms with van der Waals surface area (Å²) in [5, 5.41) is 11.4. The van der Waals surface area contributed by atoms with Crippen LogP contribution in [0.1, 0.15) is 18.2 Å². The van der Waals surface area contributed by atoms with Gasteiger partial charge in [0.15, 0.2) is 0 Å². The van der Waals surface area contributed by atoms with Gasteiger partial charge >= 0.3 is 6.09 Å². The lowest BCUT2D eigenvalue weighted by atomic mass is 10.1. The van der Waals surface area contributed by atoms with E-state index >= 15 is 0 Å². The first-order valence-corrected chi connectivity index (χ1v) is 9.16. The molecule has 0 aliphatic rings. The largest absolute Gasteiger partial charge is 0.450 e. The molecule has 0 atom stereocenters. The van der Waals surface area contributed by atoms with Crippen molar-refractivity contribution in [2.45, 2.75) is 19.9 Å². The van der Waals surface area contributed by atoms with Gasteiger partial charge in [-0.25, -0.2) is 9.48 Å². The number of carbonyl (C=O) groups is 1. The van der Waals surface area contributed by atoms with Gasteiger partial charge in [0, 0.05) is 24.4 Å². The molecule has 0 bridgehead atoms. The Morgan fingerprint density at radius 2 is 2.21 bits per heavy atom. The van der Waals surface area contributed by atoms with E-state index in [4.69, 9.17) is 4.74 Å². The lowest BCUT2D eigenvalue weighted by Gasteiger charge is -2.08. The number of ether oxygens (including phenoxy) is 1. The Bertz CT molecular complexity index is 1060. The number of amides is 1. The zero-order chi connectivity index (χ0) is 20.6. The summed E-state index contributed by atoms with van der Waals surface area (Å²) < 4.78 is 8.24. The molecule has 29 heavy (non-hydrogen) atoms. The van der Waals surface area contributed by atoms with Crippen molar-refractivity contribution in [3.63, 3.8) is 0 Å². The molecule has 3 rings (SSSR count). The second-order valence-corrected chi connectivity index (χ2v) is 6.20. The Morgan fingerprint density at radius 3 is 3.00 bits per heavy atom. The van der Waals surface area contributed by atoms with E-state index in [0.29, 0.717) is 37.5 Å². The van der Waals surface area contributed by atoms with Crippen LogP contribution in [0.3, 0.4) is 0 Å². The fraction of sp³-hybridized carbons (Fsp3) is 0.250. The molecule has 150 valence electrons. The number of carbonyl (C=O) groups excluding carboxylic acids is 1. The number of benzene rings is 1. The Labute approximate surface area is 167 Å². The van der Waals surface area contributed by atoms with Crippen LogP contribution < -0.4 is 10.7 Å². The van der Waals surface area contributed by atoms with E-state index < -0.39 is 6.09 Å². The molecule has 2 heterocycles. The van der Waals surface area contributed by atoms with Crippen molar-refractivity contribution in [1.82, 2.24) is 19.6 Å². The minimum atomic E-state index is -0.520. The van der Waals surface area contributed by atoms with Gasteiger partial charge in [0.25, 0.3) is 0 Å². The molecule has 0 radical (unpaired) electrons. The van der Waals surface area contributed by atoms with Crippen LogP contribution in [0.4, 0.5) is 10.5 Å². The highest BCUT2D eigenvalue weighted by atomic mass is 16.5. The molecule has 0 spiro atoms. The lowest BCUT2D eigenvalue weighted by molar-refractivity contribution is 0.168. The number of rotatable bonds is 8. The molecule has 9 heteroatoms. The van der Waals surface area contributed by atoms with Crippen LogP contribution in [0.2, 0.25) is 0 Å². The van der Waals surface area contributed by atoms with E-state index in [1.54, 1.807) is 46.9 Å². The maximum Gasteiger partial charge on any atom is 0.411 e. The van der Waals surface area contributed by atoms with Gasteiger partial charge in [-0.2, -0.15) is 10.2 Å². The van der Waals surface area contributed by atoms with Gasteiger partial charge < -0.3 is 4.74 Å². The van der Waals surface area contributed by atoms with Crippen LogP contribution >= 0.6 is 0 Å². The highest BCUT2D eigenvalue weighted by Crippen LogP contribution is 2.13. The molecule has 1 amide bonds. The molecule has 9 nitrogen and oxygen atoms in total. The Balaban J connectivity index is 1.78. The van der Waals surface area contributed by atoms with E-state index in [-0.39, 0.29) is 5.43 Å². The molecule has 0 saturated carbocycles. The molecule has 0 aliphatic heterocycles. The van der Waals surface area contributed by atoms with Crippen molar-refractivity contribution in [2.24, 2.45) is 4.99 Å². The first-order chi connectivity index (χ1) is 14.1. The van der Waals surface area contributed by atoms with Crippen molar-refractivity contribution >= 4 is 18.5 Å². The van der Waals surface area contributed by atoms with Gasteiger partial charge in [-0.15, -0.1) is 0 Å². The minimum Gasteiger partial charge on any atom is -0.450 e. The van der Waals surface area contributed by atoms with Crippen molar-refractivity contribution < 1.29 is 9.53 Å². The normalized spacial score (nSPS) is 10.5. The molecule has 2 aromatic heterocycles. The number of hydrogen-bond donors (Lipinski definition) is 1. The Hall–Kier alpha value is -3.75. The van der Waals surface area contributed by atoms with E-state index in [9.17, 15) is 9.59 Å². The molecule has 0 saturated heterocycles. The first-order valence-electron chi connectivity index (χ1n) is 9.16. The van der Waals surface area contributed by atoms with Crippen molar-refractivity contribution in [1.29, 1.82) is 0 Å². The fourth-order valence-corrected chi connectivity index (χ4v) is 2.72. The number of anilines is 1. The third kappa shape index (κ3) is 5.38. The maximum atomic E-state index is 12.3. The Kier molecular flexibility index (Phi) is 6.51. The topological polar surface area (TPSA) is 103 Å². The maximum absolute atomic E-state index is 12.3. The van der Waals surface area contributed by atoms with Crippen LogP contribution in [-0.2, 0) is 17.7 Å². The predicted octanol–water partition coefficient (Wildman–Crippen LogP) is 2.29. The quantitative estimate of drug-likeness (QED) is 0.591. The van der Waals surface area contributed by atoms with Crippen LogP contribution in [0.15, 0.2) is 58.7 Å². The zero-order valence-corrected chi connectivity index (χ0v) is 16.1. The highest BCUT2D eigenvalue weighted by Gasteiger charge is 2.09. The number of hydrogen-bond acceptors (Lipinski definition) is 6. The summed E-state index contributed by atoms with van der Waals surface area (Å²) in [4.78, 5) is 27.7. The van der Waals surface area contributed by atoms with Crippen LogP contribution in [0, 0.1) is 0 Å². The van der Waals surface area contributed by atoms with Crippen LogP contribution in [-0.4, -0.2) is 45.5 Å². The highest BCUT2D eigenvalue weighted by molar-refractivity contribution is 5.84. The molecular formula is C20H22N6O3. The summed E-state index contributed by atoms with van der Waals surface area (Å²) in [6.07, 6.45) is 4.92. The summed E-state index contributed by atoms with van der Waals surface area (Å²) in [5.74, 6) is 0. The Morgan fingerprint density at radius 1 is 1.34 bits per heavy atom. The third-order valence-electron chi connectivity index (χ3n) is 4.07. The molecule has 1 aromatic carbocycles. The molecule has 0 fully saturated rings. The average Bonchev–Trinajstić information content (AvgIpc) is 3.17. The second-order valence-electron chi connectivity index (χ2n) is 6.20. The van der Waals surface area contributed by atoms with Gasteiger partial charge in [0.05, 0.1) is 32.1 Å². The van der Waals surface area contributed by atoms with Gasteiger partial charge in [-0.3, -0.25) is 19.8 Å². The van der Waals surface area contributed by atoms with Gasteiger partial charge in [0.1, 0.15) is 11.4 Å². The lowest BCUT2D eigenvalue weighted by Crippen LogP contribution is -2.16. The summed E-state index contributed by atoms with van der Waals surface area (Å²) in [5.41, 5.74) is 2.41. The molecule has 1 N–H and O–H groups in total. The average molecular weight is 394 g/mol. The standard InChI is InChI=1S/C20H22N6O3/c1-3-29-20(28)23-16-6-4-5-15(11-16)12-18-19(27)7-9-26(24-18)17-13-22-25(14-17)10-8-21-2/h4-7,9,11,13-14H,2-3,8,10,12H2,1H3,(H,23,28). The van der Waals surface area contributed by atoms with Crippen LogP contribution in [0.25, 0.3) is 5.69 Å². The van der Waals surface area contributed by atoms with Crippen LogP contribution in [0.5, 0.6) is 0 Å². The summed E-state index contributed by atoms with van der Waals surface area (Å²) >= 11 is 0. The van der Waals surface area contributed by atoms with E-state index in [2.05, 4.69) is 27.2 Å². The monoisotopic (exact) mass is 394 g/mol. The van der Waals surface area contributed by atoms with Gasteiger partial charge in [0.2, 0.25) is 5.43 Å². The van der Waals surface area contributed by atoms with Gasteiger partial charge in [-0.05, 0) is 31.3 Å². The van der Waals surface area contributed by atoms with E-state index in [1.807, 2.05) is 12.3 Å².